The largest absolute Gasteiger partial charge is 0.497 e. The highest BCUT2D eigenvalue weighted by Crippen LogP contribution is 2.34. The second-order valence-electron chi connectivity index (χ2n) is 3.74. The highest BCUT2D eigenvalue weighted by molar-refractivity contribution is 9.10. The van der Waals surface area contributed by atoms with Gasteiger partial charge in [-0.15, -0.1) is 0 Å². The maximum absolute atomic E-state index is 12.2. The second kappa shape index (κ2) is 6.42. The summed E-state index contributed by atoms with van der Waals surface area (Å²) in [7, 11) is 4.31. The number of methoxy groups -OCH3 is 2. The van der Waals surface area contributed by atoms with Gasteiger partial charge in [0.05, 0.1) is 24.3 Å². The van der Waals surface area contributed by atoms with Crippen molar-refractivity contribution in [3.63, 3.8) is 0 Å². The highest BCUT2D eigenvalue weighted by atomic mass is 79.9. The molecule has 1 aromatic rings. The van der Waals surface area contributed by atoms with Crippen LogP contribution in [0.2, 0.25) is 0 Å². The summed E-state index contributed by atoms with van der Waals surface area (Å²) < 4.78 is 10.8. The van der Waals surface area contributed by atoms with Gasteiger partial charge in [-0.2, -0.15) is 0 Å². The molecule has 0 spiro atoms. The molecule has 0 aromatic heterocycles. The highest BCUT2D eigenvalue weighted by Gasteiger charge is 2.21. The summed E-state index contributed by atoms with van der Waals surface area (Å²) in [4.78, 5) is 23.9. The van der Waals surface area contributed by atoms with E-state index in [9.17, 15) is 9.59 Å². The van der Waals surface area contributed by atoms with Gasteiger partial charge in [-0.3, -0.25) is 9.59 Å². The minimum Gasteiger partial charge on any atom is -0.497 e. The van der Waals surface area contributed by atoms with Crippen molar-refractivity contribution in [3.05, 3.63) is 22.2 Å². The predicted molar refractivity (Wildman–Crippen MR) is 71.8 cm³/mol. The molecule has 0 heterocycles. The maximum Gasteiger partial charge on any atom is 0.323 e. The molecule has 0 fully saturated rings. The van der Waals surface area contributed by atoms with E-state index in [1.807, 2.05) is 0 Å². The Kier molecular flexibility index (Phi) is 5.17. The van der Waals surface area contributed by atoms with Crippen molar-refractivity contribution in [2.75, 3.05) is 27.8 Å². The second-order valence-corrected chi connectivity index (χ2v) is 4.60. The molecule has 0 radical (unpaired) electrons. The van der Waals surface area contributed by atoms with E-state index >= 15 is 0 Å². The molecule has 0 aliphatic heterocycles. The van der Waals surface area contributed by atoms with Gasteiger partial charge in [0.1, 0.15) is 18.0 Å². The van der Waals surface area contributed by atoms with Gasteiger partial charge in [0.2, 0.25) is 0 Å². The fourth-order valence-corrected chi connectivity index (χ4v) is 2.13. The number of carboxylic acids is 1. The van der Waals surface area contributed by atoms with Crippen molar-refractivity contribution in [2.24, 2.45) is 0 Å². The zero-order valence-corrected chi connectivity index (χ0v) is 12.4. The first-order valence-electron chi connectivity index (χ1n) is 5.29. The van der Waals surface area contributed by atoms with E-state index in [2.05, 4.69) is 15.9 Å². The number of halogens is 1. The Morgan fingerprint density at radius 2 is 1.95 bits per heavy atom. The predicted octanol–water partition coefficient (Wildman–Crippen LogP) is 1.62. The Labute approximate surface area is 119 Å². The number of carboxylic acid groups (broad SMARTS) is 1. The van der Waals surface area contributed by atoms with E-state index in [4.69, 9.17) is 14.6 Å². The summed E-state index contributed by atoms with van der Waals surface area (Å²) in [5.74, 6) is -0.738. The van der Waals surface area contributed by atoms with E-state index in [1.54, 1.807) is 6.07 Å². The number of amides is 1. The molecule has 0 atom stereocenters. The van der Waals surface area contributed by atoms with Crippen LogP contribution in [0.3, 0.4) is 0 Å². The van der Waals surface area contributed by atoms with Crippen molar-refractivity contribution in [2.45, 2.75) is 0 Å². The van der Waals surface area contributed by atoms with Crippen LogP contribution in [-0.4, -0.2) is 49.7 Å². The number of ether oxygens (including phenoxy) is 2. The van der Waals surface area contributed by atoms with Crippen molar-refractivity contribution in [1.29, 1.82) is 0 Å². The summed E-state index contributed by atoms with van der Waals surface area (Å²) in [6, 6.07) is 3.16. The van der Waals surface area contributed by atoms with Gasteiger partial charge in [0.15, 0.2) is 0 Å². The summed E-state index contributed by atoms with van der Waals surface area (Å²) in [6.07, 6.45) is 0. The minimum absolute atomic E-state index is 0.234. The van der Waals surface area contributed by atoms with Crippen LogP contribution < -0.4 is 9.47 Å². The van der Waals surface area contributed by atoms with Gasteiger partial charge < -0.3 is 19.5 Å². The van der Waals surface area contributed by atoms with Gasteiger partial charge >= 0.3 is 5.97 Å². The summed E-state index contributed by atoms with van der Waals surface area (Å²) in [5, 5.41) is 8.70. The summed E-state index contributed by atoms with van der Waals surface area (Å²) in [5.41, 5.74) is 0.234. The monoisotopic (exact) mass is 331 g/mol. The maximum atomic E-state index is 12.2. The third-order valence-electron chi connectivity index (χ3n) is 2.41. The Bertz CT molecular complexity index is 503. The molecule has 6 nitrogen and oxygen atoms in total. The molecule has 1 N–H and O–H groups in total. The SMILES string of the molecule is COc1cc(Br)c(OC)c(C(=O)N(C)CC(=O)O)c1. The Hall–Kier alpha value is -1.76. The lowest BCUT2D eigenvalue weighted by Gasteiger charge is -2.18. The summed E-state index contributed by atoms with van der Waals surface area (Å²) in [6.45, 7) is -0.392. The van der Waals surface area contributed by atoms with Crippen molar-refractivity contribution >= 4 is 27.8 Å². The average molecular weight is 332 g/mol. The van der Waals surface area contributed by atoms with Gasteiger partial charge in [-0.05, 0) is 28.1 Å². The van der Waals surface area contributed by atoms with Crippen molar-refractivity contribution < 1.29 is 24.2 Å². The number of hydrogen-bond donors (Lipinski definition) is 1. The van der Waals surface area contributed by atoms with Crippen LogP contribution in [0, 0.1) is 0 Å². The van der Waals surface area contributed by atoms with Gasteiger partial charge in [-0.1, -0.05) is 0 Å². The van der Waals surface area contributed by atoms with Crippen LogP contribution in [0.1, 0.15) is 10.4 Å². The number of likely N-dealkylation sites (N-methyl/N-ethyl adjacent to an activating group) is 1. The van der Waals surface area contributed by atoms with Crippen LogP contribution in [0.25, 0.3) is 0 Å². The molecule has 0 saturated carbocycles. The average Bonchev–Trinajstić information content (AvgIpc) is 2.35. The molecular formula is C12H14BrNO5. The molecule has 7 heteroatoms. The van der Waals surface area contributed by atoms with E-state index in [-0.39, 0.29) is 5.56 Å². The normalized spacial score (nSPS) is 9.89. The first-order chi connectivity index (χ1) is 8.90. The Morgan fingerprint density at radius 1 is 1.32 bits per heavy atom. The molecule has 0 aliphatic carbocycles. The minimum atomic E-state index is -1.09. The number of carbonyl (C=O) groups excluding carboxylic acids is 1. The molecule has 0 unspecified atom stereocenters. The van der Waals surface area contributed by atoms with Crippen LogP contribution >= 0.6 is 15.9 Å². The number of nitrogens with zero attached hydrogens (tertiary/aromatic N) is 1. The number of hydrogen-bond acceptors (Lipinski definition) is 4. The quantitative estimate of drug-likeness (QED) is 0.887. The molecule has 1 amide bonds. The Balaban J connectivity index is 3.20. The molecule has 1 rings (SSSR count). The fraction of sp³-hybridized carbons (Fsp3) is 0.333. The molecule has 0 aliphatic rings. The van der Waals surface area contributed by atoms with E-state index in [0.717, 1.165) is 4.90 Å². The van der Waals surface area contributed by atoms with Gasteiger partial charge in [0, 0.05) is 7.05 Å². The first kappa shape index (κ1) is 15.3. The van der Waals surface area contributed by atoms with E-state index in [0.29, 0.717) is 16.0 Å². The molecular weight excluding hydrogens is 318 g/mol. The molecule has 0 bridgehead atoms. The van der Waals surface area contributed by atoms with E-state index < -0.39 is 18.4 Å². The fourth-order valence-electron chi connectivity index (χ4n) is 1.53. The lowest BCUT2D eigenvalue weighted by Crippen LogP contribution is -2.32. The lowest BCUT2D eigenvalue weighted by molar-refractivity contribution is -0.137. The number of benzene rings is 1. The van der Waals surface area contributed by atoms with E-state index in [1.165, 1.54) is 27.3 Å². The lowest BCUT2D eigenvalue weighted by atomic mass is 10.1. The van der Waals surface area contributed by atoms with Crippen LogP contribution in [0.15, 0.2) is 16.6 Å². The Morgan fingerprint density at radius 3 is 2.42 bits per heavy atom. The summed E-state index contributed by atoms with van der Waals surface area (Å²) >= 11 is 3.28. The van der Waals surface area contributed by atoms with Crippen LogP contribution in [-0.2, 0) is 4.79 Å². The van der Waals surface area contributed by atoms with Crippen LogP contribution in [0.4, 0.5) is 0 Å². The number of aliphatic carboxylic acids is 1. The molecule has 1 aromatic carbocycles. The topological polar surface area (TPSA) is 76.1 Å². The van der Waals surface area contributed by atoms with Crippen molar-refractivity contribution in [1.82, 2.24) is 4.90 Å². The zero-order valence-electron chi connectivity index (χ0n) is 10.8. The van der Waals surface area contributed by atoms with Crippen molar-refractivity contribution in [3.8, 4) is 11.5 Å². The number of carbonyl (C=O) groups is 2. The first-order valence-corrected chi connectivity index (χ1v) is 6.08. The molecule has 104 valence electrons. The van der Waals surface area contributed by atoms with Crippen LogP contribution in [0.5, 0.6) is 11.5 Å². The third kappa shape index (κ3) is 3.60. The van der Waals surface area contributed by atoms with Gasteiger partial charge in [0.25, 0.3) is 5.91 Å². The van der Waals surface area contributed by atoms with Gasteiger partial charge in [-0.25, -0.2) is 0 Å². The number of rotatable bonds is 5. The smallest absolute Gasteiger partial charge is 0.323 e. The standard InChI is InChI=1S/C12H14BrNO5/c1-14(6-10(15)16)12(17)8-4-7(18-2)5-9(13)11(8)19-3/h4-5H,6H2,1-3H3,(H,15,16). The third-order valence-corrected chi connectivity index (χ3v) is 3.00. The zero-order chi connectivity index (χ0) is 14.6. The molecule has 19 heavy (non-hydrogen) atoms. The molecule has 0 saturated heterocycles.